The lowest BCUT2D eigenvalue weighted by Gasteiger charge is -2.23. The summed E-state index contributed by atoms with van der Waals surface area (Å²) in [5, 5.41) is 19.2. The predicted octanol–water partition coefficient (Wildman–Crippen LogP) is 3.48. The Kier molecular flexibility index (Phi) is 5.60. The molecule has 31 heavy (non-hydrogen) atoms. The van der Waals surface area contributed by atoms with E-state index in [0.717, 1.165) is 5.56 Å². The van der Waals surface area contributed by atoms with Crippen molar-refractivity contribution in [2.45, 2.75) is 19.4 Å². The molecular weight excluding hydrogens is 406 g/mol. The van der Waals surface area contributed by atoms with Crippen LogP contribution in [-0.2, 0) is 6.42 Å². The van der Waals surface area contributed by atoms with E-state index < -0.39 is 30.3 Å². The zero-order chi connectivity index (χ0) is 22.1. The van der Waals surface area contributed by atoms with Gasteiger partial charge >= 0.3 is 6.03 Å². The van der Waals surface area contributed by atoms with Crippen molar-refractivity contribution in [1.29, 1.82) is 0 Å². The van der Waals surface area contributed by atoms with E-state index >= 15 is 0 Å². The maximum atomic E-state index is 14.9. The van der Waals surface area contributed by atoms with Gasteiger partial charge in [-0.15, -0.1) is 0 Å². The average Bonchev–Trinajstić information content (AvgIpc) is 3.36. The van der Waals surface area contributed by atoms with E-state index in [1.54, 1.807) is 25.3 Å². The highest BCUT2D eigenvalue weighted by Crippen LogP contribution is 2.35. The summed E-state index contributed by atoms with van der Waals surface area (Å²) < 4.78 is 33.7. The molecule has 4 rings (SSSR count). The van der Waals surface area contributed by atoms with E-state index in [9.17, 15) is 18.7 Å². The van der Waals surface area contributed by atoms with Crippen molar-refractivity contribution in [2.24, 2.45) is 0 Å². The third-order valence-corrected chi connectivity index (χ3v) is 5.44. The number of nitrogens with zero attached hydrogens (tertiary/aromatic N) is 2. The maximum Gasteiger partial charge on any atom is 0.322 e. The number of aromatic amines is 1. The van der Waals surface area contributed by atoms with Crippen LogP contribution < -0.4 is 15.0 Å². The molecule has 1 aliphatic rings. The summed E-state index contributed by atoms with van der Waals surface area (Å²) in [6, 6.07) is 5.69. The number of aliphatic hydroxyl groups is 1. The maximum absolute atomic E-state index is 14.9. The highest BCUT2D eigenvalue weighted by molar-refractivity contribution is 5.95. The van der Waals surface area contributed by atoms with Crippen molar-refractivity contribution >= 4 is 11.7 Å². The molecule has 0 unspecified atom stereocenters. The van der Waals surface area contributed by atoms with Crippen LogP contribution in [0.3, 0.4) is 0 Å². The number of halogens is 2. The number of fused-ring (bicyclic) bond motifs is 1. The summed E-state index contributed by atoms with van der Waals surface area (Å²) in [6.07, 6.45) is 2.20. The molecule has 1 aromatic heterocycles. The fourth-order valence-corrected chi connectivity index (χ4v) is 3.82. The first-order chi connectivity index (χ1) is 14.9. The first-order valence-corrected chi connectivity index (χ1v) is 9.77. The molecule has 162 valence electrons. The van der Waals surface area contributed by atoms with Crippen molar-refractivity contribution in [3.8, 4) is 16.9 Å². The lowest BCUT2D eigenvalue weighted by Crippen LogP contribution is -2.42. The molecule has 0 saturated heterocycles. The van der Waals surface area contributed by atoms with Crippen LogP contribution in [0.4, 0.5) is 19.3 Å². The molecule has 0 spiro atoms. The first-order valence-electron chi connectivity index (χ1n) is 9.77. The predicted molar refractivity (Wildman–Crippen MR) is 111 cm³/mol. The molecule has 0 saturated carbocycles. The fourth-order valence-electron chi connectivity index (χ4n) is 3.82. The number of anilines is 1. The number of hydrogen-bond acceptors (Lipinski definition) is 4. The third-order valence-electron chi connectivity index (χ3n) is 5.44. The number of aliphatic hydroxyl groups excluding tert-OH is 1. The molecule has 0 radical (unpaired) electrons. The number of urea groups is 1. The van der Waals surface area contributed by atoms with Gasteiger partial charge in [-0.05, 0) is 48.7 Å². The van der Waals surface area contributed by atoms with E-state index in [1.165, 1.54) is 30.2 Å². The number of aryl methyl sites for hydroxylation is 1. The second-order valence-electron chi connectivity index (χ2n) is 7.36. The number of aromatic nitrogens is 2. The number of hydrogen-bond donors (Lipinski definition) is 3. The Hall–Kier alpha value is -3.46. The van der Waals surface area contributed by atoms with Crippen LogP contribution in [-0.4, -0.2) is 41.6 Å². The second-order valence-corrected chi connectivity index (χ2v) is 7.36. The van der Waals surface area contributed by atoms with Crippen molar-refractivity contribution in [3.63, 3.8) is 0 Å². The number of ether oxygens (including phenoxy) is 1. The number of H-pyrrole nitrogens is 1. The van der Waals surface area contributed by atoms with E-state index in [2.05, 4.69) is 15.5 Å². The molecular formula is C22H22F2N4O3. The number of rotatable bonds is 5. The van der Waals surface area contributed by atoms with Crippen LogP contribution in [0, 0.1) is 18.6 Å². The molecule has 0 bridgehead atoms. The number of benzene rings is 2. The zero-order valence-corrected chi connectivity index (χ0v) is 17.1. The molecule has 0 aliphatic carbocycles. The molecule has 2 aromatic carbocycles. The highest BCUT2D eigenvalue weighted by atomic mass is 19.1. The zero-order valence-electron chi connectivity index (χ0n) is 17.1. The van der Waals surface area contributed by atoms with E-state index in [0.29, 0.717) is 41.0 Å². The van der Waals surface area contributed by atoms with Gasteiger partial charge in [0, 0.05) is 29.9 Å². The standard InChI is InChI=1S/C22H22F2N4O3/c1-12-18(10-25-27-12)17-7-13-3-4-28(21(13)9-19(17)24)22(30)26-20(11-29)14-5-15(23)8-16(6-14)31-2/h5-10,20,29H,3-4,11H2,1-2H3,(H,25,27)(H,26,30)/t20-/m1/s1. The van der Waals surface area contributed by atoms with Gasteiger partial charge in [0.05, 0.1) is 31.1 Å². The summed E-state index contributed by atoms with van der Waals surface area (Å²) >= 11 is 0. The van der Waals surface area contributed by atoms with Gasteiger partial charge in [-0.1, -0.05) is 0 Å². The van der Waals surface area contributed by atoms with Crippen molar-refractivity contribution in [1.82, 2.24) is 15.5 Å². The van der Waals surface area contributed by atoms with Gasteiger partial charge in [-0.25, -0.2) is 13.6 Å². The van der Waals surface area contributed by atoms with E-state index in [-0.39, 0.29) is 5.75 Å². The first kappa shape index (κ1) is 20.8. The van der Waals surface area contributed by atoms with Crippen LogP contribution in [0.1, 0.15) is 22.9 Å². The Balaban J connectivity index is 1.58. The molecule has 3 aromatic rings. The summed E-state index contributed by atoms with van der Waals surface area (Å²) in [6.45, 7) is 1.71. The number of amides is 2. The van der Waals surface area contributed by atoms with Crippen molar-refractivity contribution < 1.29 is 23.4 Å². The summed E-state index contributed by atoms with van der Waals surface area (Å²) in [5.74, 6) is -0.729. The van der Waals surface area contributed by atoms with Gasteiger partial charge in [0.1, 0.15) is 17.4 Å². The van der Waals surface area contributed by atoms with Gasteiger partial charge < -0.3 is 15.2 Å². The number of carbonyl (C=O) groups is 1. The lowest BCUT2D eigenvalue weighted by molar-refractivity contribution is 0.221. The quantitative estimate of drug-likeness (QED) is 0.580. The van der Waals surface area contributed by atoms with Crippen LogP contribution in [0.25, 0.3) is 11.1 Å². The largest absolute Gasteiger partial charge is 0.497 e. The Labute approximate surface area is 177 Å². The number of nitrogens with one attached hydrogen (secondary N) is 2. The smallest absolute Gasteiger partial charge is 0.322 e. The second kappa shape index (κ2) is 8.35. The highest BCUT2D eigenvalue weighted by Gasteiger charge is 2.29. The Morgan fingerprint density at radius 2 is 2.10 bits per heavy atom. The van der Waals surface area contributed by atoms with Gasteiger partial charge in [0.25, 0.3) is 0 Å². The monoisotopic (exact) mass is 428 g/mol. The van der Waals surface area contributed by atoms with Gasteiger partial charge in [0.2, 0.25) is 0 Å². The summed E-state index contributed by atoms with van der Waals surface area (Å²) in [7, 11) is 1.40. The van der Waals surface area contributed by atoms with Gasteiger partial charge in [0.15, 0.2) is 0 Å². The Morgan fingerprint density at radius 1 is 1.29 bits per heavy atom. The van der Waals surface area contributed by atoms with Crippen LogP contribution in [0.5, 0.6) is 5.75 Å². The van der Waals surface area contributed by atoms with Crippen molar-refractivity contribution in [3.05, 3.63) is 65.0 Å². The number of carbonyl (C=O) groups excluding carboxylic acids is 1. The molecule has 2 heterocycles. The van der Waals surface area contributed by atoms with E-state index in [4.69, 9.17) is 4.74 Å². The normalized spacial score (nSPS) is 13.8. The van der Waals surface area contributed by atoms with Crippen molar-refractivity contribution in [2.75, 3.05) is 25.2 Å². The minimum Gasteiger partial charge on any atom is -0.497 e. The summed E-state index contributed by atoms with van der Waals surface area (Å²) in [5.41, 5.74) is 3.44. The minimum atomic E-state index is -0.848. The van der Waals surface area contributed by atoms with Crippen LogP contribution in [0.2, 0.25) is 0 Å². The molecule has 1 atom stereocenters. The van der Waals surface area contributed by atoms with Gasteiger partial charge in [-0.2, -0.15) is 5.10 Å². The minimum absolute atomic E-state index is 0.276. The molecule has 0 fully saturated rings. The molecule has 1 aliphatic heterocycles. The lowest BCUT2D eigenvalue weighted by atomic mass is 10.0. The Morgan fingerprint density at radius 3 is 2.77 bits per heavy atom. The molecule has 7 nitrogen and oxygen atoms in total. The summed E-state index contributed by atoms with van der Waals surface area (Å²) in [4.78, 5) is 14.3. The van der Waals surface area contributed by atoms with Crippen LogP contribution in [0.15, 0.2) is 36.5 Å². The fraction of sp³-hybridized carbons (Fsp3) is 0.273. The topological polar surface area (TPSA) is 90.5 Å². The molecule has 3 N–H and O–H groups in total. The number of methoxy groups -OCH3 is 1. The average molecular weight is 428 g/mol. The van der Waals surface area contributed by atoms with Crippen LogP contribution >= 0.6 is 0 Å². The van der Waals surface area contributed by atoms with E-state index in [1.807, 2.05) is 0 Å². The third kappa shape index (κ3) is 3.96. The SMILES string of the molecule is COc1cc(F)cc([C@@H](CO)NC(=O)N2CCc3cc(-c4c[nH]nc4C)c(F)cc32)c1. The van der Waals surface area contributed by atoms with Gasteiger partial charge in [-0.3, -0.25) is 10.00 Å². The molecule has 2 amide bonds. The Bertz CT molecular complexity index is 1130. The molecule has 9 heteroatoms.